The Morgan fingerprint density at radius 2 is 1.86 bits per heavy atom. The summed E-state index contributed by atoms with van der Waals surface area (Å²) in [5, 5.41) is 8.39. The first-order chi connectivity index (χ1) is 10.5. The molecule has 1 N–H and O–H groups in total. The number of rotatable bonds is 4. The van der Waals surface area contributed by atoms with Crippen molar-refractivity contribution < 1.29 is 12.8 Å². The quantitative estimate of drug-likeness (QED) is 0.791. The molecule has 0 aliphatic heterocycles. The Morgan fingerprint density at radius 3 is 2.55 bits per heavy atom. The van der Waals surface area contributed by atoms with E-state index in [4.69, 9.17) is 0 Å². The van der Waals surface area contributed by atoms with Crippen LogP contribution in [0.4, 0.5) is 9.52 Å². The van der Waals surface area contributed by atoms with Crippen molar-refractivity contribution >= 4 is 26.5 Å². The number of nitrogens with zero attached hydrogens (tertiary/aromatic N) is 3. The number of aromatic nitrogens is 3. The minimum atomic E-state index is -3.82. The molecule has 0 spiro atoms. The van der Waals surface area contributed by atoms with Crippen LogP contribution in [-0.2, 0) is 10.0 Å². The Kier molecular flexibility index (Phi) is 3.82. The van der Waals surface area contributed by atoms with Crippen LogP contribution >= 0.6 is 11.3 Å². The van der Waals surface area contributed by atoms with Crippen molar-refractivity contribution in [2.75, 3.05) is 4.72 Å². The van der Waals surface area contributed by atoms with Crippen molar-refractivity contribution in [2.24, 2.45) is 0 Å². The first kappa shape index (κ1) is 14.5. The van der Waals surface area contributed by atoms with E-state index in [2.05, 4.69) is 19.9 Å². The van der Waals surface area contributed by atoms with Gasteiger partial charge in [0.15, 0.2) is 5.01 Å². The second kappa shape index (κ2) is 5.78. The lowest BCUT2D eigenvalue weighted by molar-refractivity contribution is 0.599. The van der Waals surface area contributed by atoms with Crippen molar-refractivity contribution in [3.8, 4) is 10.6 Å². The van der Waals surface area contributed by atoms with Gasteiger partial charge in [0, 0.05) is 18.0 Å². The number of pyridine rings is 1. The molecule has 0 atom stereocenters. The zero-order chi connectivity index (χ0) is 15.6. The van der Waals surface area contributed by atoms with Gasteiger partial charge in [-0.2, -0.15) is 0 Å². The van der Waals surface area contributed by atoms with Gasteiger partial charge in [-0.15, -0.1) is 10.2 Å². The molecule has 2 aromatic heterocycles. The van der Waals surface area contributed by atoms with E-state index in [9.17, 15) is 12.8 Å². The second-order valence-electron chi connectivity index (χ2n) is 4.21. The molecular formula is C13H9FN4O2S2. The minimum absolute atomic E-state index is 0.0490. The summed E-state index contributed by atoms with van der Waals surface area (Å²) in [7, 11) is -3.82. The predicted molar refractivity (Wildman–Crippen MR) is 80.3 cm³/mol. The average molecular weight is 336 g/mol. The van der Waals surface area contributed by atoms with Gasteiger partial charge in [0.25, 0.3) is 10.0 Å². The molecule has 0 amide bonds. The largest absolute Gasteiger partial charge is 0.264 e. The number of anilines is 1. The van der Waals surface area contributed by atoms with Gasteiger partial charge in [0.1, 0.15) is 5.82 Å². The third-order valence-corrected chi connectivity index (χ3v) is 5.05. The zero-order valence-corrected chi connectivity index (χ0v) is 12.6. The highest BCUT2D eigenvalue weighted by Gasteiger charge is 2.17. The highest BCUT2D eigenvalue weighted by molar-refractivity contribution is 7.93. The Labute approximate surface area is 129 Å². The van der Waals surface area contributed by atoms with Gasteiger partial charge in [0.05, 0.1) is 4.90 Å². The van der Waals surface area contributed by atoms with Crippen molar-refractivity contribution in [3.63, 3.8) is 0 Å². The smallest absolute Gasteiger partial charge is 0.263 e. The van der Waals surface area contributed by atoms with Crippen molar-refractivity contribution in [2.45, 2.75) is 4.90 Å². The van der Waals surface area contributed by atoms with Gasteiger partial charge in [-0.1, -0.05) is 11.3 Å². The molecule has 6 nitrogen and oxygen atoms in total. The van der Waals surface area contributed by atoms with Gasteiger partial charge in [-0.05, 0) is 36.4 Å². The first-order valence-corrected chi connectivity index (χ1v) is 8.37. The van der Waals surface area contributed by atoms with E-state index in [0.29, 0.717) is 5.01 Å². The summed E-state index contributed by atoms with van der Waals surface area (Å²) in [4.78, 5) is 3.92. The highest BCUT2D eigenvalue weighted by atomic mass is 32.2. The Morgan fingerprint density at radius 1 is 1.09 bits per heavy atom. The fraction of sp³-hybridized carbons (Fsp3) is 0. The number of hydrogen-bond donors (Lipinski definition) is 1. The molecule has 1 aromatic carbocycles. The average Bonchev–Trinajstić information content (AvgIpc) is 2.96. The third kappa shape index (κ3) is 3.10. The predicted octanol–water partition coefficient (Wildman–Crippen LogP) is 2.54. The number of sulfonamides is 1. The number of nitrogens with one attached hydrogen (secondary N) is 1. The molecule has 112 valence electrons. The lowest BCUT2D eigenvalue weighted by atomic mass is 10.3. The van der Waals surface area contributed by atoms with E-state index < -0.39 is 15.8 Å². The van der Waals surface area contributed by atoms with Crippen LogP contribution < -0.4 is 4.72 Å². The molecule has 0 fully saturated rings. The summed E-state index contributed by atoms with van der Waals surface area (Å²) in [5.41, 5.74) is 0.743. The zero-order valence-electron chi connectivity index (χ0n) is 11.0. The summed E-state index contributed by atoms with van der Waals surface area (Å²) in [6.07, 6.45) is 3.24. The molecule has 2 heterocycles. The van der Waals surface area contributed by atoms with Crippen LogP contribution in [0.15, 0.2) is 53.7 Å². The fourth-order valence-electron chi connectivity index (χ4n) is 1.66. The van der Waals surface area contributed by atoms with Crippen LogP contribution in [0.5, 0.6) is 0 Å². The molecule has 0 unspecified atom stereocenters. The lowest BCUT2D eigenvalue weighted by Gasteiger charge is -2.03. The van der Waals surface area contributed by atoms with Crippen LogP contribution in [0.2, 0.25) is 0 Å². The summed E-state index contributed by atoms with van der Waals surface area (Å²) in [5.74, 6) is -0.506. The third-order valence-electron chi connectivity index (χ3n) is 2.68. The number of hydrogen-bond acceptors (Lipinski definition) is 6. The van der Waals surface area contributed by atoms with Crippen LogP contribution in [0.1, 0.15) is 0 Å². The monoisotopic (exact) mass is 336 g/mol. The van der Waals surface area contributed by atoms with E-state index in [1.165, 1.54) is 12.1 Å². The van der Waals surface area contributed by atoms with Gasteiger partial charge < -0.3 is 0 Å². The molecule has 0 radical (unpaired) electrons. The molecule has 3 rings (SSSR count). The maximum atomic E-state index is 12.9. The molecule has 0 saturated carbocycles. The van der Waals surface area contributed by atoms with Gasteiger partial charge in [-0.25, -0.2) is 12.8 Å². The Hall–Kier alpha value is -2.39. The normalized spacial score (nSPS) is 11.3. The first-order valence-electron chi connectivity index (χ1n) is 6.07. The van der Waals surface area contributed by atoms with E-state index in [0.717, 1.165) is 29.0 Å². The lowest BCUT2D eigenvalue weighted by Crippen LogP contribution is -2.12. The molecule has 0 aliphatic rings. The Balaban J connectivity index is 1.84. The topological polar surface area (TPSA) is 84.8 Å². The summed E-state index contributed by atoms with van der Waals surface area (Å²) in [6, 6.07) is 8.07. The van der Waals surface area contributed by atoms with Gasteiger partial charge in [0.2, 0.25) is 5.13 Å². The summed E-state index contributed by atoms with van der Waals surface area (Å²) >= 11 is 1.08. The fourth-order valence-corrected chi connectivity index (χ4v) is 3.62. The SMILES string of the molecule is O=S(=O)(Nc1nnc(-c2cccnc2)s1)c1ccc(F)cc1. The molecular weight excluding hydrogens is 327 g/mol. The van der Waals surface area contributed by atoms with E-state index >= 15 is 0 Å². The maximum Gasteiger partial charge on any atom is 0.263 e. The van der Waals surface area contributed by atoms with Crippen LogP contribution in [-0.4, -0.2) is 23.6 Å². The second-order valence-corrected chi connectivity index (χ2v) is 6.87. The summed E-state index contributed by atoms with van der Waals surface area (Å²) in [6.45, 7) is 0. The molecule has 9 heteroatoms. The molecule has 3 aromatic rings. The van der Waals surface area contributed by atoms with Crippen molar-refractivity contribution in [3.05, 3.63) is 54.6 Å². The van der Waals surface area contributed by atoms with Gasteiger partial charge >= 0.3 is 0 Å². The minimum Gasteiger partial charge on any atom is -0.264 e. The standard InChI is InChI=1S/C13H9FN4O2S2/c14-10-3-5-11(6-4-10)22(19,20)18-13-17-16-12(21-13)9-2-1-7-15-8-9/h1-8H,(H,17,18). The van der Waals surface area contributed by atoms with Gasteiger partial charge in [-0.3, -0.25) is 9.71 Å². The van der Waals surface area contributed by atoms with E-state index in [1.54, 1.807) is 24.5 Å². The number of halogens is 1. The molecule has 0 saturated heterocycles. The van der Waals surface area contributed by atoms with Crippen LogP contribution in [0.25, 0.3) is 10.6 Å². The number of benzene rings is 1. The van der Waals surface area contributed by atoms with E-state index in [1.807, 2.05) is 0 Å². The summed E-state index contributed by atoms with van der Waals surface area (Å²) < 4.78 is 39.5. The van der Waals surface area contributed by atoms with Crippen LogP contribution in [0.3, 0.4) is 0 Å². The van der Waals surface area contributed by atoms with E-state index in [-0.39, 0.29) is 10.0 Å². The molecule has 0 aliphatic carbocycles. The maximum absolute atomic E-state index is 12.9. The molecule has 0 bridgehead atoms. The highest BCUT2D eigenvalue weighted by Crippen LogP contribution is 2.27. The van der Waals surface area contributed by atoms with Crippen molar-refractivity contribution in [1.82, 2.24) is 15.2 Å². The molecule has 22 heavy (non-hydrogen) atoms. The Bertz CT molecular complexity index is 880. The van der Waals surface area contributed by atoms with Crippen molar-refractivity contribution in [1.29, 1.82) is 0 Å². The van der Waals surface area contributed by atoms with Crippen LogP contribution in [0, 0.1) is 5.82 Å².